The molecule has 0 bridgehead atoms. The molecule has 0 atom stereocenters. The van der Waals surface area contributed by atoms with Gasteiger partial charge in [0.1, 0.15) is 0 Å². The van der Waals surface area contributed by atoms with Gasteiger partial charge in [-0.2, -0.15) is 0 Å². The topological polar surface area (TPSA) is 40.5 Å². The summed E-state index contributed by atoms with van der Waals surface area (Å²) in [5, 5.41) is 8.68. The fourth-order valence-electron chi connectivity index (χ4n) is 3.06. The van der Waals surface area contributed by atoms with Gasteiger partial charge in [-0.25, -0.2) is 0 Å². The molecule has 3 nitrogen and oxygen atoms in total. The summed E-state index contributed by atoms with van der Waals surface area (Å²) < 4.78 is 0. The van der Waals surface area contributed by atoms with Crippen LogP contribution in [0.2, 0.25) is 0 Å². The van der Waals surface area contributed by atoms with Crippen molar-refractivity contribution in [3.05, 3.63) is 0 Å². The summed E-state index contributed by atoms with van der Waals surface area (Å²) in [4.78, 5) is 12.9. The number of unbranched alkanes of at least 4 members (excludes halogenated alkanes) is 9. The molecule has 1 saturated heterocycles. The molecule has 0 amide bonds. The van der Waals surface area contributed by atoms with Crippen molar-refractivity contribution in [2.24, 2.45) is 5.92 Å². The standard InChI is InChI=1S/C17H33NO2/c1-2-3-4-5-6-7-8-9-10-11-12-18-14-16(15-18)13-17(19)20/h16H,2-15H2,1H3,(H,19,20). The first-order valence-electron chi connectivity index (χ1n) is 8.66. The molecule has 1 N–H and O–H groups in total. The third-order valence-corrected chi connectivity index (χ3v) is 4.32. The lowest BCUT2D eigenvalue weighted by Gasteiger charge is -2.38. The Morgan fingerprint density at radius 3 is 1.95 bits per heavy atom. The van der Waals surface area contributed by atoms with E-state index in [9.17, 15) is 4.79 Å². The van der Waals surface area contributed by atoms with E-state index in [1.165, 1.54) is 70.8 Å². The lowest BCUT2D eigenvalue weighted by atomic mass is 9.96. The van der Waals surface area contributed by atoms with Crippen molar-refractivity contribution < 1.29 is 9.90 Å². The Morgan fingerprint density at radius 1 is 0.950 bits per heavy atom. The third kappa shape index (κ3) is 8.57. The van der Waals surface area contributed by atoms with Gasteiger partial charge >= 0.3 is 5.97 Å². The summed E-state index contributed by atoms with van der Waals surface area (Å²) in [5.41, 5.74) is 0. The molecule has 0 radical (unpaired) electrons. The quantitative estimate of drug-likeness (QED) is 0.512. The summed E-state index contributed by atoms with van der Waals surface area (Å²) in [5.74, 6) is -0.232. The van der Waals surface area contributed by atoms with Crippen LogP contribution in [0.25, 0.3) is 0 Å². The molecule has 1 fully saturated rings. The van der Waals surface area contributed by atoms with Crippen LogP contribution < -0.4 is 0 Å². The molecule has 20 heavy (non-hydrogen) atoms. The number of carbonyl (C=O) groups is 1. The fourth-order valence-corrected chi connectivity index (χ4v) is 3.06. The first-order valence-corrected chi connectivity index (χ1v) is 8.66. The van der Waals surface area contributed by atoms with Crippen molar-refractivity contribution in [1.82, 2.24) is 4.90 Å². The highest BCUT2D eigenvalue weighted by Gasteiger charge is 2.27. The largest absolute Gasteiger partial charge is 0.481 e. The molecule has 0 saturated carbocycles. The molecular weight excluding hydrogens is 250 g/mol. The minimum absolute atomic E-state index is 0.356. The number of nitrogens with zero attached hydrogens (tertiary/aromatic N) is 1. The molecule has 3 heteroatoms. The van der Waals surface area contributed by atoms with E-state index in [-0.39, 0.29) is 0 Å². The van der Waals surface area contributed by atoms with Crippen molar-refractivity contribution in [2.45, 2.75) is 77.6 Å². The molecule has 0 spiro atoms. The van der Waals surface area contributed by atoms with Crippen LogP contribution in [0.4, 0.5) is 0 Å². The molecule has 0 aromatic carbocycles. The Hall–Kier alpha value is -0.570. The highest BCUT2D eigenvalue weighted by Crippen LogP contribution is 2.19. The highest BCUT2D eigenvalue weighted by atomic mass is 16.4. The molecule has 118 valence electrons. The summed E-state index contributed by atoms with van der Waals surface area (Å²) >= 11 is 0. The smallest absolute Gasteiger partial charge is 0.303 e. The van der Waals surface area contributed by atoms with Gasteiger partial charge in [-0.3, -0.25) is 4.79 Å². The maximum absolute atomic E-state index is 10.5. The summed E-state index contributed by atoms with van der Waals surface area (Å²) in [6.45, 7) is 5.45. The van der Waals surface area contributed by atoms with Crippen LogP contribution in [0.5, 0.6) is 0 Å². The Bertz CT molecular complexity index is 249. The minimum atomic E-state index is -0.645. The van der Waals surface area contributed by atoms with E-state index in [0.717, 1.165) is 13.1 Å². The van der Waals surface area contributed by atoms with Gasteiger partial charge in [0, 0.05) is 13.1 Å². The maximum Gasteiger partial charge on any atom is 0.303 e. The third-order valence-electron chi connectivity index (χ3n) is 4.32. The van der Waals surface area contributed by atoms with Crippen molar-refractivity contribution in [3.8, 4) is 0 Å². The van der Waals surface area contributed by atoms with Gasteiger partial charge in [-0.1, -0.05) is 64.7 Å². The Balaban J connectivity index is 1.75. The second-order valence-corrected chi connectivity index (χ2v) is 6.41. The molecule has 1 heterocycles. The van der Waals surface area contributed by atoms with Gasteiger partial charge in [0.25, 0.3) is 0 Å². The molecular formula is C17H33NO2. The zero-order valence-electron chi connectivity index (χ0n) is 13.3. The summed E-state index contributed by atoms with van der Waals surface area (Å²) in [6, 6.07) is 0. The normalized spacial score (nSPS) is 16.2. The van der Waals surface area contributed by atoms with E-state index in [4.69, 9.17) is 5.11 Å². The zero-order valence-corrected chi connectivity index (χ0v) is 13.3. The van der Waals surface area contributed by atoms with E-state index in [1.807, 2.05) is 0 Å². The number of hydrogen-bond acceptors (Lipinski definition) is 2. The number of likely N-dealkylation sites (tertiary alicyclic amines) is 1. The second-order valence-electron chi connectivity index (χ2n) is 6.41. The number of carboxylic acids is 1. The van der Waals surface area contributed by atoms with E-state index < -0.39 is 5.97 Å². The predicted octanol–water partition coefficient (Wildman–Crippen LogP) is 4.31. The molecule has 0 aromatic heterocycles. The molecule has 1 rings (SSSR count). The van der Waals surface area contributed by atoms with Gasteiger partial charge in [0.05, 0.1) is 6.42 Å². The molecule has 1 aliphatic rings. The highest BCUT2D eigenvalue weighted by molar-refractivity contribution is 5.67. The average Bonchev–Trinajstić information content (AvgIpc) is 2.37. The van der Waals surface area contributed by atoms with Crippen molar-refractivity contribution >= 4 is 5.97 Å². The van der Waals surface area contributed by atoms with Gasteiger partial charge in [-0.05, 0) is 18.9 Å². The second kappa shape index (κ2) is 11.1. The van der Waals surface area contributed by atoms with Gasteiger partial charge in [0.15, 0.2) is 0 Å². The Labute approximate surface area is 124 Å². The van der Waals surface area contributed by atoms with Crippen LogP contribution in [-0.2, 0) is 4.79 Å². The molecule has 0 aromatic rings. The van der Waals surface area contributed by atoms with E-state index in [0.29, 0.717) is 12.3 Å². The van der Waals surface area contributed by atoms with Crippen LogP contribution in [0, 0.1) is 5.92 Å². The summed E-state index contributed by atoms with van der Waals surface area (Å²) in [7, 11) is 0. The van der Waals surface area contributed by atoms with Crippen LogP contribution in [0.15, 0.2) is 0 Å². The lowest BCUT2D eigenvalue weighted by molar-refractivity contribution is -0.139. The average molecular weight is 283 g/mol. The number of hydrogen-bond donors (Lipinski definition) is 1. The van der Waals surface area contributed by atoms with Crippen LogP contribution in [0.3, 0.4) is 0 Å². The van der Waals surface area contributed by atoms with Crippen molar-refractivity contribution in [1.29, 1.82) is 0 Å². The predicted molar refractivity (Wildman–Crippen MR) is 84.0 cm³/mol. The fraction of sp³-hybridized carbons (Fsp3) is 0.941. The van der Waals surface area contributed by atoms with Crippen molar-refractivity contribution in [3.63, 3.8) is 0 Å². The number of aliphatic carboxylic acids is 1. The van der Waals surface area contributed by atoms with Crippen molar-refractivity contribution in [2.75, 3.05) is 19.6 Å². The minimum Gasteiger partial charge on any atom is -0.481 e. The Morgan fingerprint density at radius 2 is 1.45 bits per heavy atom. The van der Waals surface area contributed by atoms with Gasteiger partial charge in [0.2, 0.25) is 0 Å². The lowest BCUT2D eigenvalue weighted by Crippen LogP contribution is -2.47. The van der Waals surface area contributed by atoms with Crippen LogP contribution in [-0.4, -0.2) is 35.6 Å². The van der Waals surface area contributed by atoms with Gasteiger partial charge in [-0.15, -0.1) is 0 Å². The van der Waals surface area contributed by atoms with Gasteiger partial charge < -0.3 is 10.0 Å². The molecule has 0 aliphatic carbocycles. The maximum atomic E-state index is 10.5. The first-order chi connectivity index (χ1) is 9.72. The van der Waals surface area contributed by atoms with E-state index >= 15 is 0 Å². The van der Waals surface area contributed by atoms with E-state index in [1.54, 1.807) is 0 Å². The zero-order chi connectivity index (χ0) is 14.6. The Kier molecular flexibility index (Phi) is 9.73. The number of rotatable bonds is 13. The molecule has 0 unspecified atom stereocenters. The first kappa shape index (κ1) is 17.5. The molecule has 1 aliphatic heterocycles. The SMILES string of the molecule is CCCCCCCCCCCCN1CC(CC(=O)O)C1. The van der Waals surface area contributed by atoms with Crippen LogP contribution in [0.1, 0.15) is 77.6 Å². The number of carboxylic acid groups (broad SMARTS) is 1. The summed E-state index contributed by atoms with van der Waals surface area (Å²) in [6.07, 6.45) is 14.2. The van der Waals surface area contributed by atoms with E-state index in [2.05, 4.69) is 11.8 Å². The monoisotopic (exact) mass is 283 g/mol. The van der Waals surface area contributed by atoms with Crippen LogP contribution >= 0.6 is 0 Å².